The predicted octanol–water partition coefficient (Wildman–Crippen LogP) is 1.29. The maximum Gasteiger partial charge on any atom is 0.338 e. The lowest BCUT2D eigenvalue weighted by atomic mass is 10.0. The van der Waals surface area contributed by atoms with Crippen molar-refractivity contribution in [1.29, 1.82) is 0 Å². The number of hydrogen-bond donors (Lipinski definition) is 3. The third-order valence-corrected chi connectivity index (χ3v) is 2.08. The first kappa shape index (κ1) is 9.38. The number of anilines is 1. The number of benzene rings is 1. The summed E-state index contributed by atoms with van der Waals surface area (Å²) in [5.74, 6) is -1.30. The van der Waals surface area contributed by atoms with E-state index in [9.17, 15) is 9.90 Å². The van der Waals surface area contributed by atoms with Crippen LogP contribution in [0.1, 0.15) is 21.5 Å². The Bertz CT molecular complexity index is 345. The molecule has 70 valence electrons. The number of phenolic OH excluding ortho intramolecular Hbond substituents is 1. The molecule has 1 rings (SSSR count). The molecule has 0 saturated heterocycles. The first-order chi connectivity index (χ1) is 5.95. The molecule has 13 heavy (non-hydrogen) atoms. The summed E-state index contributed by atoms with van der Waals surface area (Å²) >= 11 is 0. The molecule has 0 amide bonds. The normalized spacial score (nSPS) is 10.0. The Balaban J connectivity index is 3.56. The highest BCUT2D eigenvalue weighted by molar-refractivity contribution is 5.97. The van der Waals surface area contributed by atoms with E-state index in [1.54, 1.807) is 13.8 Å². The summed E-state index contributed by atoms with van der Waals surface area (Å²) in [4.78, 5) is 10.8. The fraction of sp³-hybridized carbons (Fsp3) is 0.222. The van der Waals surface area contributed by atoms with Gasteiger partial charge in [-0.15, -0.1) is 0 Å². The van der Waals surface area contributed by atoms with Crippen LogP contribution in [0.15, 0.2) is 6.07 Å². The summed E-state index contributed by atoms with van der Waals surface area (Å²) < 4.78 is 0. The van der Waals surface area contributed by atoms with Gasteiger partial charge in [0.2, 0.25) is 0 Å². The molecule has 0 radical (unpaired) electrons. The van der Waals surface area contributed by atoms with E-state index in [4.69, 9.17) is 10.8 Å². The van der Waals surface area contributed by atoms with Crippen molar-refractivity contribution in [3.63, 3.8) is 0 Å². The Morgan fingerprint density at radius 1 is 1.46 bits per heavy atom. The number of carboxylic acids is 1. The summed E-state index contributed by atoms with van der Waals surface area (Å²) in [5.41, 5.74) is 6.63. The van der Waals surface area contributed by atoms with E-state index in [1.807, 2.05) is 0 Å². The summed E-state index contributed by atoms with van der Waals surface area (Å²) in [5, 5.41) is 18.1. The molecule has 4 heteroatoms. The van der Waals surface area contributed by atoms with Gasteiger partial charge in [-0.2, -0.15) is 0 Å². The number of carbonyl (C=O) groups is 1. The molecule has 0 unspecified atom stereocenters. The number of carboxylic acid groups (broad SMARTS) is 1. The maximum atomic E-state index is 10.8. The Labute approximate surface area is 75.6 Å². The number of phenols is 1. The summed E-state index contributed by atoms with van der Waals surface area (Å²) in [6.07, 6.45) is 0. The molecule has 1 aromatic carbocycles. The monoisotopic (exact) mass is 181 g/mol. The zero-order valence-electron chi connectivity index (χ0n) is 7.46. The number of aromatic hydroxyl groups is 1. The third-order valence-electron chi connectivity index (χ3n) is 2.08. The van der Waals surface area contributed by atoms with Gasteiger partial charge in [-0.25, -0.2) is 4.79 Å². The largest absolute Gasteiger partial charge is 0.506 e. The molecule has 0 saturated carbocycles. The van der Waals surface area contributed by atoms with Crippen molar-refractivity contribution in [3.8, 4) is 5.75 Å². The second kappa shape index (κ2) is 2.97. The van der Waals surface area contributed by atoms with E-state index < -0.39 is 5.97 Å². The minimum atomic E-state index is -1.12. The quantitative estimate of drug-likeness (QED) is 0.450. The van der Waals surface area contributed by atoms with Crippen molar-refractivity contribution >= 4 is 11.7 Å². The van der Waals surface area contributed by atoms with E-state index in [1.165, 1.54) is 6.07 Å². The van der Waals surface area contributed by atoms with E-state index in [0.717, 1.165) is 0 Å². The molecule has 0 spiro atoms. The molecule has 0 atom stereocenters. The van der Waals surface area contributed by atoms with E-state index in [0.29, 0.717) is 11.1 Å². The number of nitrogens with two attached hydrogens (primary N) is 1. The highest BCUT2D eigenvalue weighted by atomic mass is 16.4. The van der Waals surface area contributed by atoms with Gasteiger partial charge in [-0.1, -0.05) is 0 Å². The van der Waals surface area contributed by atoms with Crippen LogP contribution < -0.4 is 5.73 Å². The number of aryl methyl sites for hydroxylation is 1. The van der Waals surface area contributed by atoms with Gasteiger partial charge in [0.15, 0.2) is 0 Å². The van der Waals surface area contributed by atoms with Crippen LogP contribution in [0.4, 0.5) is 5.69 Å². The second-order valence-corrected chi connectivity index (χ2v) is 2.93. The van der Waals surface area contributed by atoms with Gasteiger partial charge in [0.25, 0.3) is 0 Å². The first-order valence-electron chi connectivity index (χ1n) is 3.77. The summed E-state index contributed by atoms with van der Waals surface area (Å²) in [6, 6.07) is 1.46. The van der Waals surface area contributed by atoms with Crippen molar-refractivity contribution in [2.75, 3.05) is 5.73 Å². The first-order valence-corrected chi connectivity index (χ1v) is 3.77. The molecule has 0 aromatic heterocycles. The maximum absolute atomic E-state index is 10.8. The van der Waals surface area contributed by atoms with E-state index in [2.05, 4.69) is 0 Å². The van der Waals surface area contributed by atoms with Gasteiger partial charge in [0.05, 0.1) is 11.3 Å². The van der Waals surface area contributed by atoms with Crippen LogP contribution in [0.25, 0.3) is 0 Å². The number of rotatable bonds is 1. The number of aromatic carboxylic acids is 1. The predicted molar refractivity (Wildman–Crippen MR) is 49.0 cm³/mol. The van der Waals surface area contributed by atoms with Crippen LogP contribution in [0.2, 0.25) is 0 Å². The van der Waals surface area contributed by atoms with Crippen LogP contribution in [0.3, 0.4) is 0 Å². The molecule has 0 aliphatic rings. The Morgan fingerprint density at radius 2 is 2.00 bits per heavy atom. The number of nitrogen functional groups attached to an aromatic ring is 1. The van der Waals surface area contributed by atoms with Crippen molar-refractivity contribution in [3.05, 3.63) is 22.8 Å². The molecule has 4 N–H and O–H groups in total. The van der Waals surface area contributed by atoms with Gasteiger partial charge in [0, 0.05) is 0 Å². The van der Waals surface area contributed by atoms with Crippen molar-refractivity contribution in [2.45, 2.75) is 13.8 Å². The minimum absolute atomic E-state index is 0.0162. The zero-order chi connectivity index (χ0) is 10.2. The molecule has 0 fully saturated rings. The van der Waals surface area contributed by atoms with Gasteiger partial charge < -0.3 is 15.9 Å². The highest BCUT2D eigenvalue weighted by Crippen LogP contribution is 2.29. The molecule has 0 aliphatic heterocycles. The average molecular weight is 181 g/mol. The molecule has 1 aromatic rings. The fourth-order valence-corrected chi connectivity index (χ4v) is 1.19. The highest BCUT2D eigenvalue weighted by Gasteiger charge is 2.16. The summed E-state index contributed by atoms with van der Waals surface area (Å²) in [7, 11) is 0. The molecular formula is C9H11NO3. The fourth-order valence-electron chi connectivity index (χ4n) is 1.19. The Morgan fingerprint density at radius 3 is 2.46 bits per heavy atom. The summed E-state index contributed by atoms with van der Waals surface area (Å²) in [6.45, 7) is 3.38. The average Bonchev–Trinajstić information content (AvgIpc) is 2.01. The molecular weight excluding hydrogens is 170 g/mol. The second-order valence-electron chi connectivity index (χ2n) is 2.93. The smallest absolute Gasteiger partial charge is 0.338 e. The van der Waals surface area contributed by atoms with E-state index in [-0.39, 0.29) is 17.0 Å². The molecule has 0 bridgehead atoms. The lowest BCUT2D eigenvalue weighted by Crippen LogP contribution is -2.06. The molecule has 0 heterocycles. The van der Waals surface area contributed by atoms with Crippen LogP contribution in [-0.2, 0) is 0 Å². The van der Waals surface area contributed by atoms with Crippen molar-refractivity contribution < 1.29 is 15.0 Å². The third kappa shape index (κ3) is 1.42. The lowest BCUT2D eigenvalue weighted by Gasteiger charge is -2.09. The number of hydrogen-bond acceptors (Lipinski definition) is 3. The minimum Gasteiger partial charge on any atom is -0.506 e. The van der Waals surface area contributed by atoms with Crippen LogP contribution in [-0.4, -0.2) is 16.2 Å². The molecule has 4 nitrogen and oxygen atoms in total. The topological polar surface area (TPSA) is 83.5 Å². The van der Waals surface area contributed by atoms with Gasteiger partial charge in [0.1, 0.15) is 5.75 Å². The van der Waals surface area contributed by atoms with Crippen LogP contribution in [0.5, 0.6) is 5.75 Å². The Kier molecular flexibility index (Phi) is 2.14. The zero-order valence-corrected chi connectivity index (χ0v) is 7.46. The van der Waals surface area contributed by atoms with Gasteiger partial charge in [-0.3, -0.25) is 0 Å². The van der Waals surface area contributed by atoms with E-state index >= 15 is 0 Å². The lowest BCUT2D eigenvalue weighted by molar-refractivity contribution is 0.0697. The van der Waals surface area contributed by atoms with Crippen LogP contribution in [0, 0.1) is 13.8 Å². The van der Waals surface area contributed by atoms with Crippen molar-refractivity contribution in [1.82, 2.24) is 0 Å². The molecule has 0 aliphatic carbocycles. The standard InChI is InChI=1S/C9H11NO3/c1-4-3-6(11)8(10)7(5(4)2)9(12)13/h3,11H,10H2,1-2H3,(H,12,13). The Hall–Kier alpha value is -1.71. The van der Waals surface area contributed by atoms with Gasteiger partial charge >= 0.3 is 5.97 Å². The van der Waals surface area contributed by atoms with Crippen molar-refractivity contribution in [2.24, 2.45) is 0 Å². The van der Waals surface area contributed by atoms with Crippen LogP contribution >= 0.6 is 0 Å². The SMILES string of the molecule is Cc1cc(O)c(N)c(C(=O)O)c1C. The van der Waals surface area contributed by atoms with Gasteiger partial charge in [-0.05, 0) is 31.0 Å².